The molecule has 1 N–H and O–H groups in total. The lowest BCUT2D eigenvalue weighted by Gasteiger charge is -2.14. The predicted molar refractivity (Wildman–Crippen MR) is 88.4 cm³/mol. The van der Waals surface area contributed by atoms with E-state index < -0.39 is 0 Å². The zero-order valence-corrected chi connectivity index (χ0v) is 12.5. The Hall–Kier alpha value is -1.64. The Morgan fingerprint density at radius 1 is 1.05 bits per heavy atom. The van der Waals surface area contributed by atoms with Gasteiger partial charge in [0, 0.05) is 6.04 Å². The molecule has 2 heteroatoms. The van der Waals surface area contributed by atoms with E-state index in [0.29, 0.717) is 6.04 Å². The molecule has 0 radical (unpaired) electrons. The summed E-state index contributed by atoms with van der Waals surface area (Å²) in [5, 5.41) is 10.6. The molecule has 0 aliphatic rings. The summed E-state index contributed by atoms with van der Waals surface area (Å²) in [6.45, 7) is 3.25. The lowest BCUT2D eigenvalue weighted by atomic mass is 10.0. The summed E-state index contributed by atoms with van der Waals surface area (Å²) in [5.41, 5.74) is 2.78. The molecule has 1 nitrogen and oxygen atoms in total. The number of fused-ring (bicyclic) bond motifs is 1. The van der Waals surface area contributed by atoms with Crippen LogP contribution in [0, 0.1) is 0 Å². The van der Waals surface area contributed by atoms with Crippen LogP contribution in [0.25, 0.3) is 10.8 Å². The highest BCUT2D eigenvalue weighted by Crippen LogP contribution is 2.20. The van der Waals surface area contributed by atoms with Crippen LogP contribution in [0.15, 0.2) is 59.3 Å². The van der Waals surface area contributed by atoms with Gasteiger partial charge in [0.1, 0.15) is 0 Å². The van der Waals surface area contributed by atoms with E-state index in [1.807, 2.05) is 0 Å². The van der Waals surface area contributed by atoms with Crippen LogP contribution >= 0.6 is 11.3 Å². The average Bonchev–Trinajstić information content (AvgIpc) is 3.00. The van der Waals surface area contributed by atoms with E-state index in [1.165, 1.54) is 21.9 Å². The highest BCUT2D eigenvalue weighted by Gasteiger charge is 2.05. The second-order valence-corrected chi connectivity index (χ2v) is 5.94. The summed E-state index contributed by atoms with van der Waals surface area (Å²) in [7, 11) is 0. The minimum Gasteiger partial charge on any atom is -0.310 e. The fraction of sp³-hybridized carbons (Fsp3) is 0.222. The first-order valence-corrected chi connectivity index (χ1v) is 8.00. The first-order chi connectivity index (χ1) is 9.83. The van der Waals surface area contributed by atoms with Gasteiger partial charge in [-0.1, -0.05) is 36.4 Å². The van der Waals surface area contributed by atoms with Crippen molar-refractivity contribution >= 4 is 22.1 Å². The molecule has 0 aliphatic carbocycles. The summed E-state index contributed by atoms with van der Waals surface area (Å²) in [6.07, 6.45) is 1.10. The SMILES string of the molecule is CC(NCCc1ccsc1)c1ccc2ccccc2c1. The van der Waals surface area contributed by atoms with Crippen LogP contribution in [0.4, 0.5) is 0 Å². The molecule has 1 aromatic heterocycles. The van der Waals surface area contributed by atoms with Gasteiger partial charge >= 0.3 is 0 Å². The van der Waals surface area contributed by atoms with E-state index in [4.69, 9.17) is 0 Å². The second-order valence-electron chi connectivity index (χ2n) is 5.16. The Bertz CT molecular complexity index is 673. The van der Waals surface area contributed by atoms with Crippen molar-refractivity contribution in [3.8, 4) is 0 Å². The van der Waals surface area contributed by atoms with Crippen molar-refractivity contribution in [2.45, 2.75) is 19.4 Å². The fourth-order valence-corrected chi connectivity index (χ4v) is 3.17. The number of benzene rings is 2. The fourth-order valence-electron chi connectivity index (χ4n) is 2.46. The van der Waals surface area contributed by atoms with Crippen molar-refractivity contribution in [3.05, 3.63) is 70.4 Å². The molecule has 3 aromatic rings. The number of hydrogen-bond donors (Lipinski definition) is 1. The summed E-state index contributed by atoms with van der Waals surface area (Å²) in [5.74, 6) is 0. The van der Waals surface area contributed by atoms with Gasteiger partial charge in [0.15, 0.2) is 0 Å². The Kier molecular flexibility index (Phi) is 4.14. The molecule has 0 saturated heterocycles. The highest BCUT2D eigenvalue weighted by molar-refractivity contribution is 7.07. The number of nitrogens with one attached hydrogen (secondary N) is 1. The van der Waals surface area contributed by atoms with Gasteiger partial charge in [-0.25, -0.2) is 0 Å². The summed E-state index contributed by atoms with van der Waals surface area (Å²) in [4.78, 5) is 0. The summed E-state index contributed by atoms with van der Waals surface area (Å²) >= 11 is 1.77. The zero-order valence-electron chi connectivity index (χ0n) is 11.7. The van der Waals surface area contributed by atoms with Gasteiger partial charge < -0.3 is 5.32 Å². The third-order valence-corrected chi connectivity index (χ3v) is 4.45. The average molecular weight is 281 g/mol. The predicted octanol–water partition coefficient (Wildman–Crippen LogP) is 4.79. The van der Waals surface area contributed by atoms with Crippen molar-refractivity contribution in [2.75, 3.05) is 6.54 Å². The van der Waals surface area contributed by atoms with Crippen LogP contribution in [0.1, 0.15) is 24.1 Å². The molecule has 0 amide bonds. The third kappa shape index (κ3) is 3.09. The van der Waals surface area contributed by atoms with E-state index in [9.17, 15) is 0 Å². The molecule has 1 heterocycles. The minimum absolute atomic E-state index is 0.387. The number of hydrogen-bond acceptors (Lipinski definition) is 2. The van der Waals surface area contributed by atoms with Crippen molar-refractivity contribution < 1.29 is 0 Å². The Balaban J connectivity index is 1.64. The molecule has 0 spiro atoms. The molecule has 2 aromatic carbocycles. The molecule has 0 aliphatic heterocycles. The lowest BCUT2D eigenvalue weighted by molar-refractivity contribution is 0.578. The molecule has 102 valence electrons. The minimum atomic E-state index is 0.387. The van der Waals surface area contributed by atoms with E-state index in [-0.39, 0.29) is 0 Å². The first kappa shape index (κ1) is 13.3. The topological polar surface area (TPSA) is 12.0 Å². The summed E-state index contributed by atoms with van der Waals surface area (Å²) < 4.78 is 0. The maximum atomic E-state index is 3.61. The molecule has 1 atom stereocenters. The van der Waals surface area contributed by atoms with Gasteiger partial charge in [-0.15, -0.1) is 0 Å². The van der Waals surface area contributed by atoms with Crippen molar-refractivity contribution in [1.29, 1.82) is 0 Å². The standard InChI is InChI=1S/C18H19NS/c1-14(19-10-8-15-9-11-20-13-15)17-7-6-16-4-2-3-5-18(16)12-17/h2-7,9,11-14,19H,8,10H2,1H3. The Morgan fingerprint density at radius 3 is 2.70 bits per heavy atom. The van der Waals surface area contributed by atoms with Crippen LogP contribution in [0.5, 0.6) is 0 Å². The quantitative estimate of drug-likeness (QED) is 0.708. The molecular weight excluding hydrogens is 262 g/mol. The smallest absolute Gasteiger partial charge is 0.0292 e. The van der Waals surface area contributed by atoms with Gasteiger partial charge in [-0.05, 0) is 64.7 Å². The first-order valence-electron chi connectivity index (χ1n) is 7.06. The normalized spacial score (nSPS) is 12.7. The molecular formula is C18H19NS. The molecule has 1 unspecified atom stereocenters. The van der Waals surface area contributed by atoms with Crippen molar-refractivity contribution in [2.24, 2.45) is 0 Å². The van der Waals surface area contributed by atoms with Gasteiger partial charge in [-0.2, -0.15) is 11.3 Å². The van der Waals surface area contributed by atoms with Crippen LogP contribution in [0.2, 0.25) is 0 Å². The molecule has 0 fully saturated rings. The maximum Gasteiger partial charge on any atom is 0.0292 e. The van der Waals surface area contributed by atoms with Gasteiger partial charge in [0.25, 0.3) is 0 Å². The van der Waals surface area contributed by atoms with Crippen LogP contribution < -0.4 is 5.32 Å². The highest BCUT2D eigenvalue weighted by atomic mass is 32.1. The van der Waals surface area contributed by atoms with Crippen molar-refractivity contribution in [3.63, 3.8) is 0 Å². The van der Waals surface area contributed by atoms with Crippen molar-refractivity contribution in [1.82, 2.24) is 5.32 Å². The van der Waals surface area contributed by atoms with Crippen LogP contribution in [0.3, 0.4) is 0 Å². The van der Waals surface area contributed by atoms with E-state index in [0.717, 1.165) is 13.0 Å². The zero-order chi connectivity index (χ0) is 13.8. The second kappa shape index (κ2) is 6.21. The Labute approximate surface area is 124 Å². The van der Waals surface area contributed by atoms with Gasteiger partial charge in [0.05, 0.1) is 0 Å². The molecule has 0 saturated carbocycles. The third-order valence-electron chi connectivity index (χ3n) is 3.72. The van der Waals surface area contributed by atoms with E-state index in [2.05, 4.69) is 71.5 Å². The molecule has 3 rings (SSSR count). The largest absolute Gasteiger partial charge is 0.310 e. The maximum absolute atomic E-state index is 3.61. The van der Waals surface area contributed by atoms with Crippen LogP contribution in [-0.4, -0.2) is 6.54 Å². The summed E-state index contributed by atoms with van der Waals surface area (Å²) in [6, 6.07) is 17.8. The monoisotopic (exact) mass is 281 g/mol. The Morgan fingerprint density at radius 2 is 1.90 bits per heavy atom. The molecule has 20 heavy (non-hydrogen) atoms. The number of thiophene rings is 1. The van der Waals surface area contributed by atoms with E-state index >= 15 is 0 Å². The number of rotatable bonds is 5. The van der Waals surface area contributed by atoms with Crippen LogP contribution in [-0.2, 0) is 6.42 Å². The molecule has 0 bridgehead atoms. The van der Waals surface area contributed by atoms with Gasteiger partial charge in [-0.3, -0.25) is 0 Å². The lowest BCUT2D eigenvalue weighted by Crippen LogP contribution is -2.21. The van der Waals surface area contributed by atoms with E-state index in [1.54, 1.807) is 11.3 Å². The van der Waals surface area contributed by atoms with Gasteiger partial charge in [0.2, 0.25) is 0 Å².